The third kappa shape index (κ3) is 8.66. The Balaban J connectivity index is 0.000000173. The van der Waals surface area contributed by atoms with E-state index < -0.39 is 34.9 Å². The van der Waals surface area contributed by atoms with Gasteiger partial charge < -0.3 is 29.5 Å². The summed E-state index contributed by atoms with van der Waals surface area (Å²) in [5.74, 6) is 4.10. The monoisotopic (exact) mass is 896 g/mol. The molecular weight excluding hydrogens is 862 g/mol. The van der Waals surface area contributed by atoms with Crippen LogP contribution >= 0.6 is 15.9 Å². The minimum atomic E-state index is -1.84. The lowest BCUT2D eigenvalue weighted by Crippen LogP contribution is -2.37. The number of pyridine rings is 2. The van der Waals surface area contributed by atoms with Gasteiger partial charge in [-0.2, -0.15) is 10.2 Å². The fourth-order valence-electron chi connectivity index (χ4n) is 6.24. The van der Waals surface area contributed by atoms with E-state index in [2.05, 4.69) is 53.9 Å². The molecule has 0 saturated carbocycles. The Morgan fingerprint density at radius 2 is 1.25 bits per heavy atom. The van der Waals surface area contributed by atoms with Crippen LogP contribution in [0.5, 0.6) is 0 Å². The second-order valence-electron chi connectivity index (χ2n) is 13.6. The maximum absolute atomic E-state index is 14.4. The number of nitrogens with zero attached hydrogens (tertiary/aromatic N) is 8. The summed E-state index contributed by atoms with van der Waals surface area (Å²) in [5, 5.41) is 29.3. The van der Waals surface area contributed by atoms with E-state index in [0.717, 1.165) is 0 Å². The first-order valence-electron chi connectivity index (χ1n) is 18.1. The molecule has 0 aliphatic carbocycles. The van der Waals surface area contributed by atoms with Gasteiger partial charge in [0.05, 0.1) is 46.4 Å². The molecule has 2 aliphatic rings. The van der Waals surface area contributed by atoms with E-state index in [0.29, 0.717) is 57.4 Å². The average molecular weight is 898 g/mol. The van der Waals surface area contributed by atoms with Gasteiger partial charge in [-0.25, -0.2) is 37.7 Å². The van der Waals surface area contributed by atoms with Crippen LogP contribution in [0.3, 0.4) is 0 Å². The highest BCUT2D eigenvalue weighted by atomic mass is 79.9. The highest BCUT2D eigenvalue weighted by Crippen LogP contribution is 2.26. The van der Waals surface area contributed by atoms with Crippen molar-refractivity contribution < 1.29 is 47.6 Å². The second kappa shape index (κ2) is 17.7. The molecule has 2 aliphatic heterocycles. The number of carbonyl (C=O) groups excluding carboxylic acids is 4. The van der Waals surface area contributed by atoms with Crippen molar-refractivity contribution in [2.75, 3.05) is 41.4 Å². The van der Waals surface area contributed by atoms with Crippen molar-refractivity contribution >= 4 is 61.7 Å². The van der Waals surface area contributed by atoms with Crippen LogP contribution in [0.25, 0.3) is 33.4 Å². The molecule has 61 heavy (non-hydrogen) atoms. The molecule has 2 atom stereocenters. The molecule has 19 heteroatoms. The van der Waals surface area contributed by atoms with E-state index in [1.807, 2.05) is 0 Å². The molecule has 16 nitrogen and oxygen atoms in total. The molecule has 6 aromatic rings. The largest absolute Gasteiger partial charge is 0.464 e. The molecule has 2 fully saturated rings. The van der Waals surface area contributed by atoms with Gasteiger partial charge in [0.1, 0.15) is 11.6 Å². The van der Waals surface area contributed by atoms with Crippen molar-refractivity contribution in [2.24, 2.45) is 0 Å². The molecule has 312 valence electrons. The normalized spacial score (nSPS) is 18.1. The number of rotatable bonds is 4. The Morgan fingerprint density at radius 1 is 0.770 bits per heavy atom. The van der Waals surface area contributed by atoms with Crippen LogP contribution in [0.4, 0.5) is 8.78 Å². The fourth-order valence-corrected chi connectivity index (χ4v) is 6.61. The third-order valence-corrected chi connectivity index (χ3v) is 10.3. The number of likely N-dealkylation sites (tertiary alicyclic amines) is 2. The first kappa shape index (κ1) is 43.5. The lowest BCUT2D eigenvalue weighted by atomic mass is 10.0. The standard InChI is InChI=1S/C21H17FN4O4.C14H9BrFN3O2.C7H9NO2/c1-25-11-9-21(29,20(25)28)8-7-13-12-14(5-6-16(13)22)26-18-15(4-3-10-23-18)17(24-26)19(27)30-2;1-21-14(20)12-9-3-2-6-17-13(9)19(18-12)8-4-5-11(16)10(15)7-8;1-3-7(10)4-5-8(2)6(7)9/h3-6,10,12,29H,9,11H2,1-2H3;2-7H,1H3;1,10H,4-5H2,2H3/t21-;;7-/m0.0/s1. The van der Waals surface area contributed by atoms with Crippen molar-refractivity contribution in [3.8, 4) is 35.6 Å². The smallest absolute Gasteiger partial charge is 0.359 e. The number of esters is 2. The van der Waals surface area contributed by atoms with E-state index in [9.17, 15) is 38.2 Å². The number of benzene rings is 2. The number of carbonyl (C=O) groups is 4. The summed E-state index contributed by atoms with van der Waals surface area (Å²) in [5.41, 5.74) is -1.27. The molecule has 2 amide bonds. The molecule has 2 N–H and O–H groups in total. The first-order valence-corrected chi connectivity index (χ1v) is 18.9. The Bertz CT molecular complexity index is 2830. The number of terminal acetylenes is 1. The molecular formula is C42H35BrF2N8O8. The predicted octanol–water partition coefficient (Wildman–Crippen LogP) is 3.61. The number of ether oxygens (including phenoxy) is 2. The zero-order valence-electron chi connectivity index (χ0n) is 32.9. The van der Waals surface area contributed by atoms with Gasteiger partial charge in [-0.15, -0.1) is 6.42 Å². The van der Waals surface area contributed by atoms with Gasteiger partial charge in [-0.05, 0) is 76.6 Å². The maximum atomic E-state index is 14.4. The summed E-state index contributed by atoms with van der Waals surface area (Å²) in [6.45, 7) is 0.910. The number of amides is 2. The molecule has 2 saturated heterocycles. The van der Waals surface area contributed by atoms with E-state index >= 15 is 0 Å². The van der Waals surface area contributed by atoms with Crippen molar-refractivity contribution in [3.05, 3.63) is 106 Å². The molecule has 4 aromatic heterocycles. The summed E-state index contributed by atoms with van der Waals surface area (Å²) >= 11 is 3.13. The SMILES string of the molecule is C#C[C@]1(O)CCN(C)C1=O.COC(=O)c1nn(-c2ccc(F)c(Br)c2)c2ncccc12.COC(=O)c1nn(-c2ccc(F)c(C#C[C@]3(O)CCN(C)C3=O)c2)c2ncccc12. The number of hydrogen-bond acceptors (Lipinski definition) is 12. The minimum Gasteiger partial charge on any atom is -0.464 e. The quantitative estimate of drug-likeness (QED) is 0.193. The van der Waals surface area contributed by atoms with Crippen molar-refractivity contribution in [1.82, 2.24) is 39.3 Å². The third-order valence-electron chi connectivity index (χ3n) is 9.65. The predicted molar refractivity (Wildman–Crippen MR) is 218 cm³/mol. The molecule has 6 heterocycles. The number of fused-ring (bicyclic) bond motifs is 2. The molecule has 0 unspecified atom stereocenters. The number of likely N-dealkylation sites (N-methyl/N-ethyl adjacent to an activating group) is 2. The molecule has 0 radical (unpaired) electrons. The zero-order chi connectivity index (χ0) is 44.2. The summed E-state index contributed by atoms with van der Waals surface area (Å²) in [7, 11) is 5.73. The molecule has 0 spiro atoms. The van der Waals surface area contributed by atoms with Gasteiger partial charge >= 0.3 is 11.9 Å². The topological polar surface area (TPSA) is 195 Å². The van der Waals surface area contributed by atoms with Crippen LogP contribution in [-0.4, -0.2) is 126 Å². The number of aromatic nitrogens is 6. The molecule has 0 bridgehead atoms. The van der Waals surface area contributed by atoms with Crippen LogP contribution < -0.4 is 0 Å². The van der Waals surface area contributed by atoms with Crippen LogP contribution in [-0.2, 0) is 19.1 Å². The Hall–Kier alpha value is -7.06. The van der Waals surface area contributed by atoms with Crippen LogP contribution in [0, 0.1) is 35.8 Å². The summed E-state index contributed by atoms with van der Waals surface area (Å²) in [6, 6.07) is 15.3. The molecule has 2 aromatic carbocycles. The van der Waals surface area contributed by atoms with Crippen LogP contribution in [0.2, 0.25) is 0 Å². The first-order chi connectivity index (χ1) is 29.0. The fraction of sp³-hybridized carbons (Fsp3) is 0.238. The van der Waals surface area contributed by atoms with E-state index in [1.54, 1.807) is 62.9 Å². The maximum Gasteiger partial charge on any atom is 0.359 e. The Morgan fingerprint density at radius 3 is 1.67 bits per heavy atom. The summed E-state index contributed by atoms with van der Waals surface area (Å²) < 4.78 is 40.4. The van der Waals surface area contributed by atoms with E-state index in [1.165, 1.54) is 57.6 Å². The summed E-state index contributed by atoms with van der Waals surface area (Å²) in [4.78, 5) is 58.2. The summed E-state index contributed by atoms with van der Waals surface area (Å²) in [6.07, 6.45) is 8.61. The number of aliphatic hydroxyl groups is 2. The van der Waals surface area contributed by atoms with E-state index in [4.69, 9.17) is 15.9 Å². The van der Waals surface area contributed by atoms with Crippen molar-refractivity contribution in [3.63, 3.8) is 0 Å². The second-order valence-corrected chi connectivity index (χ2v) is 14.4. The number of methoxy groups -OCH3 is 2. The Kier molecular flexibility index (Phi) is 12.6. The number of hydrogen-bond donors (Lipinski definition) is 2. The lowest BCUT2D eigenvalue weighted by Gasteiger charge is -2.13. The number of halogens is 3. The van der Waals surface area contributed by atoms with Gasteiger partial charge in [0.15, 0.2) is 22.7 Å². The van der Waals surface area contributed by atoms with Gasteiger partial charge in [-0.3, -0.25) is 9.59 Å². The zero-order valence-corrected chi connectivity index (χ0v) is 34.5. The van der Waals surface area contributed by atoms with Crippen LogP contribution in [0.15, 0.2) is 77.5 Å². The minimum absolute atomic E-state index is 0.0255. The molecule has 8 rings (SSSR count). The highest BCUT2D eigenvalue weighted by molar-refractivity contribution is 9.10. The average Bonchev–Trinajstić information content (AvgIpc) is 4.00. The van der Waals surface area contributed by atoms with Gasteiger partial charge in [0.2, 0.25) is 11.2 Å². The lowest BCUT2D eigenvalue weighted by molar-refractivity contribution is -0.138. The van der Waals surface area contributed by atoms with Gasteiger partial charge in [0, 0.05) is 52.4 Å². The van der Waals surface area contributed by atoms with Crippen molar-refractivity contribution in [1.29, 1.82) is 0 Å². The van der Waals surface area contributed by atoms with Gasteiger partial charge in [0.25, 0.3) is 11.8 Å². The highest BCUT2D eigenvalue weighted by Gasteiger charge is 2.43. The van der Waals surface area contributed by atoms with Gasteiger partial charge in [-0.1, -0.05) is 17.8 Å². The Labute approximate surface area is 354 Å². The van der Waals surface area contributed by atoms with Crippen molar-refractivity contribution in [2.45, 2.75) is 24.0 Å². The van der Waals surface area contributed by atoms with E-state index in [-0.39, 0.29) is 35.1 Å². The van der Waals surface area contributed by atoms with Crippen LogP contribution in [0.1, 0.15) is 39.4 Å².